The number of carboxylic acid groups (broad SMARTS) is 1. The molecule has 1 saturated carbocycles. The number of carbonyl (C=O) groups excluding carboxylic acids is 1. The predicted molar refractivity (Wildman–Crippen MR) is 79.8 cm³/mol. The van der Waals surface area contributed by atoms with Gasteiger partial charge in [0.25, 0.3) is 0 Å². The Labute approximate surface area is 124 Å². The Morgan fingerprint density at radius 2 is 2.00 bits per heavy atom. The van der Waals surface area contributed by atoms with Gasteiger partial charge in [0.15, 0.2) is 0 Å². The van der Waals surface area contributed by atoms with Crippen molar-refractivity contribution in [2.24, 2.45) is 5.41 Å². The second-order valence-electron chi connectivity index (χ2n) is 6.22. The zero-order valence-corrected chi connectivity index (χ0v) is 13.0. The molecule has 2 atom stereocenters. The van der Waals surface area contributed by atoms with E-state index in [1.807, 2.05) is 6.92 Å². The highest BCUT2D eigenvalue weighted by Gasteiger charge is 2.40. The Morgan fingerprint density at radius 1 is 1.35 bits per heavy atom. The third-order valence-electron chi connectivity index (χ3n) is 4.47. The van der Waals surface area contributed by atoms with Crippen molar-refractivity contribution in [1.29, 1.82) is 0 Å². The van der Waals surface area contributed by atoms with Gasteiger partial charge in [0.1, 0.15) is 6.04 Å². The van der Waals surface area contributed by atoms with Gasteiger partial charge in [-0.15, -0.1) is 11.8 Å². The molecular weight excluding hydrogens is 276 g/mol. The molecule has 6 heteroatoms. The van der Waals surface area contributed by atoms with Gasteiger partial charge in [-0.3, -0.25) is 4.90 Å². The summed E-state index contributed by atoms with van der Waals surface area (Å²) >= 11 is 1.51. The van der Waals surface area contributed by atoms with Crippen molar-refractivity contribution in [2.75, 3.05) is 12.3 Å². The van der Waals surface area contributed by atoms with E-state index in [1.165, 1.54) is 35.9 Å². The Morgan fingerprint density at radius 3 is 2.60 bits per heavy atom. The Bertz CT molecular complexity index is 383. The monoisotopic (exact) mass is 300 g/mol. The van der Waals surface area contributed by atoms with E-state index >= 15 is 0 Å². The molecule has 2 rings (SSSR count). The molecule has 1 saturated heterocycles. The summed E-state index contributed by atoms with van der Waals surface area (Å²) in [5.41, 5.74) is 0.169. The molecule has 0 spiro atoms. The van der Waals surface area contributed by atoms with E-state index in [0.717, 1.165) is 12.8 Å². The Balaban J connectivity index is 1.91. The average molecular weight is 300 g/mol. The van der Waals surface area contributed by atoms with Gasteiger partial charge in [-0.25, -0.2) is 9.59 Å². The highest BCUT2D eigenvalue weighted by Crippen LogP contribution is 2.35. The van der Waals surface area contributed by atoms with Gasteiger partial charge in [-0.05, 0) is 25.2 Å². The lowest BCUT2D eigenvalue weighted by atomic mass is 9.76. The lowest BCUT2D eigenvalue weighted by Gasteiger charge is -2.35. The molecule has 2 N–H and O–H groups in total. The van der Waals surface area contributed by atoms with Gasteiger partial charge in [0.2, 0.25) is 0 Å². The quantitative estimate of drug-likeness (QED) is 0.840. The van der Waals surface area contributed by atoms with Crippen LogP contribution in [0.1, 0.15) is 46.0 Å². The van der Waals surface area contributed by atoms with Crippen LogP contribution in [0.25, 0.3) is 0 Å². The standard InChI is InChI=1S/C14H24N2O3S/c1-10-16(11(8-20-10)12(17)18)13(19)15-9-14(2)6-4-3-5-7-14/h10-11H,3-9H2,1-2H3,(H,15,19)(H,17,18). The van der Waals surface area contributed by atoms with Crippen LogP contribution in [0.4, 0.5) is 4.79 Å². The summed E-state index contributed by atoms with van der Waals surface area (Å²) in [7, 11) is 0. The SMILES string of the molecule is CC1SCC(C(=O)O)N1C(=O)NCC1(C)CCCCC1. The van der Waals surface area contributed by atoms with Crippen LogP contribution in [0.3, 0.4) is 0 Å². The first-order valence-corrected chi connectivity index (χ1v) is 8.38. The van der Waals surface area contributed by atoms with Crippen molar-refractivity contribution in [3.63, 3.8) is 0 Å². The first-order chi connectivity index (χ1) is 9.43. The summed E-state index contributed by atoms with van der Waals surface area (Å²) in [4.78, 5) is 25.0. The molecular formula is C14H24N2O3S. The van der Waals surface area contributed by atoms with E-state index in [4.69, 9.17) is 0 Å². The van der Waals surface area contributed by atoms with E-state index in [9.17, 15) is 14.7 Å². The van der Waals surface area contributed by atoms with Crippen LogP contribution >= 0.6 is 11.8 Å². The molecule has 0 aromatic heterocycles. The zero-order chi connectivity index (χ0) is 14.8. The van der Waals surface area contributed by atoms with Crippen LogP contribution in [0, 0.1) is 5.41 Å². The zero-order valence-electron chi connectivity index (χ0n) is 12.2. The molecule has 2 amide bonds. The normalized spacial score (nSPS) is 29.2. The summed E-state index contributed by atoms with van der Waals surface area (Å²) < 4.78 is 0. The van der Waals surface area contributed by atoms with Crippen molar-refractivity contribution in [2.45, 2.75) is 57.4 Å². The molecule has 1 aliphatic heterocycles. The van der Waals surface area contributed by atoms with Crippen molar-refractivity contribution >= 4 is 23.8 Å². The third kappa shape index (κ3) is 3.40. The summed E-state index contributed by atoms with van der Waals surface area (Å²) in [5, 5.41) is 12.1. The number of hydrogen-bond acceptors (Lipinski definition) is 3. The fourth-order valence-corrected chi connectivity index (χ4v) is 4.27. The Hall–Kier alpha value is -0.910. The highest BCUT2D eigenvalue weighted by molar-refractivity contribution is 8.00. The fourth-order valence-electron chi connectivity index (χ4n) is 3.10. The van der Waals surface area contributed by atoms with Gasteiger partial charge in [-0.2, -0.15) is 0 Å². The van der Waals surface area contributed by atoms with E-state index in [-0.39, 0.29) is 16.8 Å². The molecule has 1 heterocycles. The second kappa shape index (κ2) is 6.24. The molecule has 114 valence electrons. The molecule has 2 fully saturated rings. The summed E-state index contributed by atoms with van der Waals surface area (Å²) in [6, 6.07) is -0.934. The van der Waals surface area contributed by atoms with Gasteiger partial charge in [0.05, 0.1) is 5.37 Å². The lowest BCUT2D eigenvalue weighted by Crippen LogP contribution is -2.51. The molecule has 0 radical (unpaired) electrons. The number of carboxylic acids is 1. The minimum Gasteiger partial charge on any atom is -0.480 e. The van der Waals surface area contributed by atoms with Crippen molar-refractivity contribution in [3.8, 4) is 0 Å². The number of carbonyl (C=O) groups is 2. The third-order valence-corrected chi connectivity index (χ3v) is 5.69. The maximum Gasteiger partial charge on any atom is 0.327 e. The molecule has 20 heavy (non-hydrogen) atoms. The second-order valence-corrected chi connectivity index (χ2v) is 7.57. The largest absolute Gasteiger partial charge is 0.480 e. The van der Waals surface area contributed by atoms with E-state index < -0.39 is 12.0 Å². The molecule has 0 bridgehead atoms. The van der Waals surface area contributed by atoms with Crippen LogP contribution in [0.2, 0.25) is 0 Å². The average Bonchev–Trinajstić information content (AvgIpc) is 2.79. The van der Waals surface area contributed by atoms with Crippen molar-refractivity contribution < 1.29 is 14.7 Å². The van der Waals surface area contributed by atoms with Gasteiger partial charge < -0.3 is 10.4 Å². The van der Waals surface area contributed by atoms with Crippen LogP contribution in [-0.4, -0.2) is 45.7 Å². The predicted octanol–water partition coefficient (Wildman–Crippen LogP) is 2.51. The van der Waals surface area contributed by atoms with Crippen LogP contribution in [0.15, 0.2) is 0 Å². The molecule has 0 aromatic carbocycles. The van der Waals surface area contributed by atoms with E-state index in [1.54, 1.807) is 0 Å². The van der Waals surface area contributed by atoms with Gasteiger partial charge >= 0.3 is 12.0 Å². The number of nitrogens with zero attached hydrogens (tertiary/aromatic N) is 1. The summed E-state index contributed by atoms with van der Waals surface area (Å²) in [5.74, 6) is -0.442. The van der Waals surface area contributed by atoms with E-state index in [0.29, 0.717) is 12.3 Å². The highest BCUT2D eigenvalue weighted by atomic mass is 32.2. The number of hydrogen-bond donors (Lipinski definition) is 2. The molecule has 0 aromatic rings. The minimum absolute atomic E-state index is 0.0738. The number of urea groups is 1. The minimum atomic E-state index is -0.916. The molecule has 2 unspecified atom stereocenters. The number of rotatable bonds is 3. The number of thioether (sulfide) groups is 1. The van der Waals surface area contributed by atoms with Crippen molar-refractivity contribution in [3.05, 3.63) is 0 Å². The fraction of sp³-hybridized carbons (Fsp3) is 0.857. The van der Waals surface area contributed by atoms with Crippen LogP contribution < -0.4 is 5.32 Å². The first-order valence-electron chi connectivity index (χ1n) is 7.33. The van der Waals surface area contributed by atoms with Crippen LogP contribution in [0.5, 0.6) is 0 Å². The van der Waals surface area contributed by atoms with E-state index in [2.05, 4.69) is 12.2 Å². The smallest absolute Gasteiger partial charge is 0.327 e. The molecule has 5 nitrogen and oxygen atoms in total. The number of aliphatic carboxylic acids is 1. The van der Waals surface area contributed by atoms with Gasteiger partial charge in [-0.1, -0.05) is 26.2 Å². The van der Waals surface area contributed by atoms with Crippen molar-refractivity contribution in [1.82, 2.24) is 10.2 Å². The topological polar surface area (TPSA) is 69.6 Å². The first kappa shape index (κ1) is 15.5. The summed E-state index contributed by atoms with van der Waals surface area (Å²) in [6.07, 6.45) is 6.00. The Kier molecular flexibility index (Phi) is 4.83. The molecule has 2 aliphatic rings. The number of amides is 2. The lowest BCUT2D eigenvalue weighted by molar-refractivity contribution is -0.141. The maximum atomic E-state index is 12.3. The van der Waals surface area contributed by atoms with Crippen LogP contribution in [-0.2, 0) is 4.79 Å². The summed E-state index contributed by atoms with van der Waals surface area (Å²) in [6.45, 7) is 4.74. The van der Waals surface area contributed by atoms with Gasteiger partial charge in [0, 0.05) is 12.3 Å². The molecule has 1 aliphatic carbocycles. The maximum absolute atomic E-state index is 12.3. The number of nitrogens with one attached hydrogen (secondary N) is 1.